The molecule has 0 unspecified atom stereocenters. The number of hydrogen-bond donors (Lipinski definition) is 1. The third-order valence-electron chi connectivity index (χ3n) is 3.69. The molecule has 120 valence electrons. The van der Waals surface area contributed by atoms with Crippen LogP contribution in [0.1, 0.15) is 23.2 Å². The first-order valence-electron chi connectivity index (χ1n) is 7.63. The smallest absolute Gasteiger partial charge is 0.258 e. The number of anilines is 1. The summed E-state index contributed by atoms with van der Waals surface area (Å²) in [6.45, 7) is 1.33. The average Bonchev–Trinajstić information content (AvgIpc) is 3.08. The third-order valence-corrected chi connectivity index (χ3v) is 3.69. The Bertz CT molecular complexity index is 666. The van der Waals surface area contributed by atoms with Crippen molar-refractivity contribution in [1.29, 1.82) is 0 Å². The zero-order valence-corrected chi connectivity index (χ0v) is 12.6. The number of carbonyl (C=O) groups is 1. The Balaban J connectivity index is 1.56. The molecule has 1 amide bonds. The summed E-state index contributed by atoms with van der Waals surface area (Å²) in [5, 5.41) is 2.66. The molecular weight excluding hydrogens is 297 g/mol. The minimum absolute atomic E-state index is 0.0196. The van der Waals surface area contributed by atoms with Crippen LogP contribution in [0.5, 0.6) is 5.75 Å². The molecule has 1 aliphatic heterocycles. The van der Waals surface area contributed by atoms with Crippen molar-refractivity contribution in [2.24, 2.45) is 0 Å². The van der Waals surface area contributed by atoms with Crippen LogP contribution in [-0.2, 0) is 4.74 Å². The quantitative estimate of drug-likeness (QED) is 0.916. The molecule has 3 rings (SSSR count). The van der Waals surface area contributed by atoms with Gasteiger partial charge in [0, 0.05) is 12.3 Å². The van der Waals surface area contributed by atoms with Crippen LogP contribution in [0.15, 0.2) is 48.5 Å². The molecule has 1 saturated heterocycles. The van der Waals surface area contributed by atoms with E-state index in [0.717, 1.165) is 19.4 Å². The summed E-state index contributed by atoms with van der Waals surface area (Å²) in [7, 11) is 0. The Hall–Kier alpha value is -2.40. The molecule has 2 aromatic rings. The number of rotatable bonds is 5. The summed E-state index contributed by atoms with van der Waals surface area (Å²) in [6.07, 6.45) is 2.27. The van der Waals surface area contributed by atoms with Gasteiger partial charge >= 0.3 is 0 Å². The van der Waals surface area contributed by atoms with Gasteiger partial charge in [-0.3, -0.25) is 4.79 Å². The maximum absolute atomic E-state index is 13.6. The van der Waals surface area contributed by atoms with Crippen molar-refractivity contribution in [1.82, 2.24) is 0 Å². The molecule has 0 aliphatic carbocycles. The molecule has 4 nitrogen and oxygen atoms in total. The van der Waals surface area contributed by atoms with Crippen molar-refractivity contribution < 1.29 is 18.7 Å². The van der Waals surface area contributed by atoms with E-state index in [2.05, 4.69) is 5.32 Å². The maximum Gasteiger partial charge on any atom is 0.258 e. The van der Waals surface area contributed by atoms with Gasteiger partial charge in [0.2, 0.25) is 0 Å². The molecule has 0 saturated carbocycles. The fourth-order valence-corrected chi connectivity index (χ4v) is 2.44. The third kappa shape index (κ3) is 4.07. The maximum atomic E-state index is 13.6. The highest BCUT2D eigenvalue weighted by Crippen LogP contribution is 2.19. The number of halogens is 1. The molecule has 1 N–H and O–H groups in total. The van der Waals surface area contributed by atoms with E-state index in [0.29, 0.717) is 18.0 Å². The van der Waals surface area contributed by atoms with E-state index in [1.807, 2.05) is 0 Å². The zero-order valence-electron chi connectivity index (χ0n) is 12.6. The van der Waals surface area contributed by atoms with Gasteiger partial charge in [-0.25, -0.2) is 4.39 Å². The van der Waals surface area contributed by atoms with Crippen LogP contribution >= 0.6 is 0 Å². The summed E-state index contributed by atoms with van der Waals surface area (Å²) in [5.74, 6) is -0.304. The van der Waals surface area contributed by atoms with Crippen molar-refractivity contribution in [3.05, 3.63) is 59.9 Å². The molecule has 1 atom stereocenters. The van der Waals surface area contributed by atoms with E-state index < -0.39 is 11.7 Å². The minimum atomic E-state index is -0.540. The lowest BCUT2D eigenvalue weighted by Crippen LogP contribution is -2.16. The number of hydrogen-bond acceptors (Lipinski definition) is 3. The lowest BCUT2D eigenvalue weighted by Gasteiger charge is -2.12. The van der Waals surface area contributed by atoms with Crippen LogP contribution in [0.25, 0.3) is 0 Å². The molecule has 1 fully saturated rings. The van der Waals surface area contributed by atoms with Crippen LogP contribution in [0.4, 0.5) is 10.1 Å². The standard InChI is InChI=1S/C18H18FNO3/c19-17-6-2-1-5-16(17)18(21)20-13-7-9-14(10-8-13)23-12-15-4-3-11-22-15/h1-2,5-10,15H,3-4,11-12H2,(H,20,21)/t15-/m0/s1. The van der Waals surface area contributed by atoms with E-state index in [-0.39, 0.29) is 11.7 Å². The molecular formula is C18H18FNO3. The van der Waals surface area contributed by atoms with Crippen molar-refractivity contribution >= 4 is 11.6 Å². The number of amides is 1. The highest BCUT2D eigenvalue weighted by Gasteiger charge is 2.16. The van der Waals surface area contributed by atoms with Crippen molar-refractivity contribution in [2.45, 2.75) is 18.9 Å². The predicted octanol–water partition coefficient (Wildman–Crippen LogP) is 3.64. The monoisotopic (exact) mass is 315 g/mol. The highest BCUT2D eigenvalue weighted by atomic mass is 19.1. The zero-order chi connectivity index (χ0) is 16.1. The number of nitrogens with one attached hydrogen (secondary N) is 1. The number of ether oxygens (including phenoxy) is 2. The second-order valence-electron chi connectivity index (χ2n) is 5.40. The van der Waals surface area contributed by atoms with Crippen LogP contribution in [0, 0.1) is 5.82 Å². The largest absolute Gasteiger partial charge is 0.491 e. The summed E-state index contributed by atoms with van der Waals surface area (Å²) in [4.78, 5) is 12.0. The summed E-state index contributed by atoms with van der Waals surface area (Å²) in [6, 6.07) is 12.9. The normalized spacial score (nSPS) is 17.0. The lowest BCUT2D eigenvalue weighted by molar-refractivity contribution is 0.0679. The van der Waals surface area contributed by atoms with Gasteiger partial charge in [0.05, 0.1) is 11.7 Å². The van der Waals surface area contributed by atoms with E-state index in [1.54, 1.807) is 36.4 Å². The second kappa shape index (κ2) is 7.24. The van der Waals surface area contributed by atoms with Crippen LogP contribution in [-0.4, -0.2) is 25.2 Å². The van der Waals surface area contributed by atoms with Gasteiger partial charge in [0.15, 0.2) is 0 Å². The van der Waals surface area contributed by atoms with E-state index in [1.165, 1.54) is 12.1 Å². The molecule has 0 aromatic heterocycles. The molecule has 0 bridgehead atoms. The van der Waals surface area contributed by atoms with Gasteiger partial charge in [0.25, 0.3) is 5.91 Å². The Labute approximate surface area is 134 Å². The number of carbonyl (C=O) groups excluding carboxylic acids is 1. The lowest BCUT2D eigenvalue weighted by atomic mass is 10.2. The highest BCUT2D eigenvalue weighted by molar-refractivity contribution is 6.04. The van der Waals surface area contributed by atoms with E-state index >= 15 is 0 Å². The van der Waals surface area contributed by atoms with Gasteiger partial charge in [0.1, 0.15) is 18.2 Å². The molecule has 0 spiro atoms. The summed E-state index contributed by atoms with van der Waals surface area (Å²) < 4.78 is 24.7. The number of benzene rings is 2. The Morgan fingerprint density at radius 3 is 2.70 bits per heavy atom. The summed E-state index contributed by atoms with van der Waals surface area (Å²) >= 11 is 0. The van der Waals surface area contributed by atoms with Gasteiger partial charge in [-0.05, 0) is 49.2 Å². The Kier molecular flexibility index (Phi) is 4.88. The molecule has 1 heterocycles. The van der Waals surface area contributed by atoms with Crippen LogP contribution in [0.2, 0.25) is 0 Å². The summed E-state index contributed by atoms with van der Waals surface area (Å²) in [5.41, 5.74) is 0.605. The van der Waals surface area contributed by atoms with Gasteiger partial charge in [-0.2, -0.15) is 0 Å². The van der Waals surface area contributed by atoms with Crippen LogP contribution < -0.4 is 10.1 Å². The molecule has 2 aromatic carbocycles. The fourth-order valence-electron chi connectivity index (χ4n) is 2.44. The topological polar surface area (TPSA) is 47.6 Å². The van der Waals surface area contributed by atoms with E-state index in [9.17, 15) is 9.18 Å². The predicted molar refractivity (Wildman–Crippen MR) is 85.3 cm³/mol. The van der Waals surface area contributed by atoms with Gasteiger partial charge in [-0.15, -0.1) is 0 Å². The van der Waals surface area contributed by atoms with Crippen molar-refractivity contribution in [2.75, 3.05) is 18.5 Å². The van der Waals surface area contributed by atoms with Crippen molar-refractivity contribution in [3.63, 3.8) is 0 Å². The Morgan fingerprint density at radius 1 is 1.22 bits per heavy atom. The van der Waals surface area contributed by atoms with Crippen LogP contribution in [0.3, 0.4) is 0 Å². The minimum Gasteiger partial charge on any atom is -0.491 e. The van der Waals surface area contributed by atoms with Gasteiger partial charge < -0.3 is 14.8 Å². The first kappa shape index (κ1) is 15.5. The molecule has 0 radical (unpaired) electrons. The Morgan fingerprint density at radius 2 is 2.00 bits per heavy atom. The average molecular weight is 315 g/mol. The molecule has 5 heteroatoms. The second-order valence-corrected chi connectivity index (χ2v) is 5.40. The molecule has 1 aliphatic rings. The van der Waals surface area contributed by atoms with Gasteiger partial charge in [-0.1, -0.05) is 12.1 Å². The first-order valence-corrected chi connectivity index (χ1v) is 7.63. The molecule has 23 heavy (non-hydrogen) atoms. The SMILES string of the molecule is O=C(Nc1ccc(OC[C@@H]2CCCO2)cc1)c1ccccc1F. The van der Waals surface area contributed by atoms with E-state index in [4.69, 9.17) is 9.47 Å². The fraction of sp³-hybridized carbons (Fsp3) is 0.278. The first-order chi connectivity index (χ1) is 11.2. The van der Waals surface area contributed by atoms with Crippen molar-refractivity contribution in [3.8, 4) is 5.75 Å².